The maximum atomic E-state index is 3.64. The van der Waals surface area contributed by atoms with Crippen molar-refractivity contribution in [2.24, 2.45) is 0 Å². The van der Waals surface area contributed by atoms with E-state index in [-0.39, 0.29) is 0 Å². The van der Waals surface area contributed by atoms with Gasteiger partial charge in [-0.2, -0.15) is 0 Å². The zero-order chi connectivity index (χ0) is 11.1. The molecule has 1 unspecified atom stereocenters. The van der Waals surface area contributed by atoms with Crippen molar-refractivity contribution in [2.45, 2.75) is 65.0 Å². The average Bonchev–Trinajstić information content (AvgIpc) is 2.25. The lowest BCUT2D eigenvalue weighted by atomic mass is 10.0. The summed E-state index contributed by atoms with van der Waals surface area (Å²) in [6.45, 7) is 10.7. The molecule has 0 amide bonds. The second-order valence-electron chi connectivity index (χ2n) is 5.09. The molecule has 0 aliphatic carbocycles. The number of hydrogen-bond donors (Lipinski definition) is 1. The Hall–Kier alpha value is -0.0800. The fourth-order valence-electron chi connectivity index (χ4n) is 2.28. The van der Waals surface area contributed by atoms with Crippen LogP contribution in [0.4, 0.5) is 0 Å². The fourth-order valence-corrected chi connectivity index (χ4v) is 2.28. The summed E-state index contributed by atoms with van der Waals surface area (Å²) in [5.41, 5.74) is 0. The molecule has 2 heteroatoms. The molecule has 1 atom stereocenters. The lowest BCUT2D eigenvalue weighted by molar-refractivity contribution is 0.182. The van der Waals surface area contributed by atoms with E-state index in [9.17, 15) is 0 Å². The maximum Gasteiger partial charge on any atom is 0.0195 e. The predicted molar refractivity (Wildman–Crippen MR) is 67.3 cm³/mol. The van der Waals surface area contributed by atoms with Crippen LogP contribution in [-0.2, 0) is 0 Å². The number of unbranched alkanes of at least 4 members (excludes halogenated alkanes) is 1. The normalized spacial score (nSPS) is 22.6. The van der Waals surface area contributed by atoms with E-state index in [0.717, 1.165) is 6.04 Å². The molecule has 1 saturated heterocycles. The Morgan fingerprint density at radius 1 is 1.33 bits per heavy atom. The Morgan fingerprint density at radius 3 is 2.67 bits per heavy atom. The molecule has 0 bridgehead atoms. The third kappa shape index (κ3) is 4.98. The first-order chi connectivity index (χ1) is 7.24. The Kier molecular flexibility index (Phi) is 6.26. The van der Waals surface area contributed by atoms with Crippen molar-refractivity contribution in [3.63, 3.8) is 0 Å². The molecule has 1 rings (SSSR count). The van der Waals surface area contributed by atoms with Crippen molar-refractivity contribution in [3.8, 4) is 0 Å². The molecule has 0 radical (unpaired) electrons. The van der Waals surface area contributed by atoms with Gasteiger partial charge >= 0.3 is 0 Å². The van der Waals surface area contributed by atoms with Crippen LogP contribution in [0.1, 0.15) is 52.9 Å². The summed E-state index contributed by atoms with van der Waals surface area (Å²) in [6.07, 6.45) is 6.80. The lowest BCUT2D eigenvalue weighted by Crippen LogP contribution is -2.46. The van der Waals surface area contributed by atoms with Crippen molar-refractivity contribution in [3.05, 3.63) is 0 Å². The Bertz CT molecular complexity index is 151. The van der Waals surface area contributed by atoms with Crippen LogP contribution in [0.2, 0.25) is 0 Å². The van der Waals surface area contributed by atoms with Gasteiger partial charge in [0.2, 0.25) is 0 Å². The van der Waals surface area contributed by atoms with E-state index in [2.05, 4.69) is 31.0 Å². The Morgan fingerprint density at radius 2 is 2.13 bits per heavy atom. The van der Waals surface area contributed by atoms with Crippen LogP contribution in [0.5, 0.6) is 0 Å². The third-order valence-electron chi connectivity index (χ3n) is 3.40. The van der Waals surface area contributed by atoms with Gasteiger partial charge < -0.3 is 5.32 Å². The smallest absolute Gasteiger partial charge is 0.0195 e. The van der Waals surface area contributed by atoms with Crippen molar-refractivity contribution in [1.29, 1.82) is 0 Å². The minimum Gasteiger partial charge on any atom is -0.313 e. The van der Waals surface area contributed by atoms with Gasteiger partial charge in [0.1, 0.15) is 0 Å². The molecule has 0 saturated carbocycles. The molecule has 15 heavy (non-hydrogen) atoms. The van der Waals surface area contributed by atoms with Gasteiger partial charge in [0.05, 0.1) is 0 Å². The molecule has 1 N–H and O–H groups in total. The number of nitrogens with zero attached hydrogens (tertiary/aromatic N) is 1. The van der Waals surface area contributed by atoms with Gasteiger partial charge in [-0.3, -0.25) is 4.90 Å². The van der Waals surface area contributed by atoms with Gasteiger partial charge in [-0.1, -0.05) is 19.8 Å². The van der Waals surface area contributed by atoms with E-state index in [1.165, 1.54) is 51.7 Å². The largest absolute Gasteiger partial charge is 0.313 e. The van der Waals surface area contributed by atoms with E-state index in [1.54, 1.807) is 0 Å². The van der Waals surface area contributed by atoms with Crippen LogP contribution in [-0.4, -0.2) is 36.6 Å². The zero-order valence-electron chi connectivity index (χ0n) is 10.8. The molecular weight excluding hydrogens is 184 g/mol. The van der Waals surface area contributed by atoms with Gasteiger partial charge in [-0.15, -0.1) is 0 Å². The Labute approximate surface area is 95.4 Å². The molecule has 0 aromatic carbocycles. The number of rotatable bonds is 6. The molecule has 1 aliphatic heterocycles. The highest BCUT2D eigenvalue weighted by atomic mass is 15.2. The summed E-state index contributed by atoms with van der Waals surface area (Å²) >= 11 is 0. The van der Waals surface area contributed by atoms with Crippen LogP contribution in [0.25, 0.3) is 0 Å². The van der Waals surface area contributed by atoms with Crippen molar-refractivity contribution >= 4 is 0 Å². The quantitative estimate of drug-likeness (QED) is 0.728. The van der Waals surface area contributed by atoms with Crippen molar-refractivity contribution in [2.75, 3.05) is 19.6 Å². The average molecular weight is 212 g/mol. The van der Waals surface area contributed by atoms with E-state index in [4.69, 9.17) is 0 Å². The molecule has 0 aromatic rings. The van der Waals surface area contributed by atoms with Crippen LogP contribution < -0.4 is 5.32 Å². The Balaban J connectivity index is 2.28. The predicted octanol–water partition coefficient (Wildman–Crippen LogP) is 2.64. The number of piperidine rings is 1. The van der Waals surface area contributed by atoms with Gasteiger partial charge in [-0.25, -0.2) is 0 Å². The third-order valence-corrected chi connectivity index (χ3v) is 3.40. The van der Waals surface area contributed by atoms with Crippen LogP contribution in [0.3, 0.4) is 0 Å². The minimum atomic E-state index is 0.695. The summed E-state index contributed by atoms with van der Waals surface area (Å²) in [6, 6.07) is 1.44. The topological polar surface area (TPSA) is 15.3 Å². The van der Waals surface area contributed by atoms with Gasteiger partial charge in [-0.05, 0) is 46.2 Å². The standard InChI is InChI=1S/C13H28N2/c1-4-5-10-15(12(2)3)11-13-8-6-7-9-14-13/h12-14H,4-11H2,1-3H3. The molecule has 1 fully saturated rings. The molecule has 1 aliphatic rings. The SMILES string of the molecule is CCCCN(CC1CCCCN1)C(C)C. The van der Waals surface area contributed by atoms with Gasteiger partial charge in [0.15, 0.2) is 0 Å². The first-order valence-corrected chi connectivity index (χ1v) is 6.71. The van der Waals surface area contributed by atoms with Crippen molar-refractivity contribution < 1.29 is 0 Å². The summed E-state index contributed by atoms with van der Waals surface area (Å²) in [4.78, 5) is 2.63. The number of nitrogens with one attached hydrogen (secondary N) is 1. The van der Waals surface area contributed by atoms with Gasteiger partial charge in [0, 0.05) is 18.6 Å². The molecule has 90 valence electrons. The molecule has 2 nitrogen and oxygen atoms in total. The molecule has 0 spiro atoms. The van der Waals surface area contributed by atoms with E-state index in [1.807, 2.05) is 0 Å². The summed E-state index contributed by atoms with van der Waals surface area (Å²) in [7, 11) is 0. The minimum absolute atomic E-state index is 0.695. The zero-order valence-corrected chi connectivity index (χ0v) is 10.8. The summed E-state index contributed by atoms with van der Waals surface area (Å²) in [5.74, 6) is 0. The van der Waals surface area contributed by atoms with Crippen LogP contribution in [0.15, 0.2) is 0 Å². The lowest BCUT2D eigenvalue weighted by Gasteiger charge is -2.33. The molecule has 1 heterocycles. The van der Waals surface area contributed by atoms with Crippen LogP contribution in [0, 0.1) is 0 Å². The van der Waals surface area contributed by atoms with Gasteiger partial charge in [0.25, 0.3) is 0 Å². The van der Waals surface area contributed by atoms with E-state index < -0.39 is 0 Å². The van der Waals surface area contributed by atoms with E-state index in [0.29, 0.717) is 6.04 Å². The second-order valence-corrected chi connectivity index (χ2v) is 5.09. The highest BCUT2D eigenvalue weighted by Crippen LogP contribution is 2.11. The maximum absolute atomic E-state index is 3.64. The molecular formula is C13H28N2. The van der Waals surface area contributed by atoms with Crippen LogP contribution >= 0.6 is 0 Å². The second kappa shape index (κ2) is 7.24. The van der Waals surface area contributed by atoms with E-state index >= 15 is 0 Å². The first-order valence-electron chi connectivity index (χ1n) is 6.71. The first kappa shape index (κ1) is 13.0. The highest BCUT2D eigenvalue weighted by Gasteiger charge is 2.17. The monoisotopic (exact) mass is 212 g/mol. The van der Waals surface area contributed by atoms with Crippen molar-refractivity contribution in [1.82, 2.24) is 10.2 Å². The highest BCUT2D eigenvalue weighted by molar-refractivity contribution is 4.77. The summed E-state index contributed by atoms with van der Waals surface area (Å²) < 4.78 is 0. The summed E-state index contributed by atoms with van der Waals surface area (Å²) in [5, 5.41) is 3.64. The molecule has 0 aromatic heterocycles. The fraction of sp³-hybridized carbons (Fsp3) is 1.00. The number of hydrogen-bond acceptors (Lipinski definition) is 2.